The molecule has 6 heteroatoms. The zero-order valence-corrected chi connectivity index (χ0v) is 15.1. The first-order chi connectivity index (χ1) is 13.6. The maximum Gasteiger partial charge on any atom is 0.228 e. The summed E-state index contributed by atoms with van der Waals surface area (Å²) >= 11 is 0. The van der Waals surface area contributed by atoms with Crippen molar-refractivity contribution in [3.63, 3.8) is 0 Å². The van der Waals surface area contributed by atoms with E-state index in [1.807, 2.05) is 36.4 Å². The van der Waals surface area contributed by atoms with Gasteiger partial charge in [-0.3, -0.25) is 4.79 Å². The minimum absolute atomic E-state index is 0.0633. The van der Waals surface area contributed by atoms with E-state index in [-0.39, 0.29) is 18.1 Å². The summed E-state index contributed by atoms with van der Waals surface area (Å²) in [5.74, 6) is -0.0543. The van der Waals surface area contributed by atoms with E-state index in [4.69, 9.17) is 9.15 Å². The molecular formula is C22H17FN2O3. The van der Waals surface area contributed by atoms with Gasteiger partial charge in [0.05, 0.1) is 13.5 Å². The molecule has 28 heavy (non-hydrogen) atoms. The van der Waals surface area contributed by atoms with E-state index in [0.717, 1.165) is 16.7 Å². The van der Waals surface area contributed by atoms with Gasteiger partial charge in [-0.05, 0) is 54.1 Å². The highest BCUT2D eigenvalue weighted by molar-refractivity contribution is 5.92. The van der Waals surface area contributed by atoms with Crippen LogP contribution in [0.2, 0.25) is 0 Å². The van der Waals surface area contributed by atoms with Crippen LogP contribution < -0.4 is 10.1 Å². The molecular weight excluding hydrogens is 359 g/mol. The maximum atomic E-state index is 13.7. The van der Waals surface area contributed by atoms with E-state index in [9.17, 15) is 9.18 Å². The van der Waals surface area contributed by atoms with E-state index in [1.54, 1.807) is 18.2 Å². The van der Waals surface area contributed by atoms with Gasteiger partial charge in [0.15, 0.2) is 17.1 Å². The second-order valence-corrected chi connectivity index (χ2v) is 6.26. The number of carbonyl (C=O) groups excluding carboxylic acids is 1. The predicted molar refractivity (Wildman–Crippen MR) is 105 cm³/mol. The molecule has 0 aliphatic heterocycles. The normalized spacial score (nSPS) is 10.8. The third-order valence-electron chi connectivity index (χ3n) is 4.29. The number of oxazole rings is 1. The lowest BCUT2D eigenvalue weighted by molar-refractivity contribution is -0.115. The average Bonchev–Trinajstić information content (AvgIpc) is 3.13. The van der Waals surface area contributed by atoms with Crippen molar-refractivity contribution in [3.05, 3.63) is 78.1 Å². The number of hydrogen-bond acceptors (Lipinski definition) is 4. The van der Waals surface area contributed by atoms with Gasteiger partial charge in [-0.25, -0.2) is 9.37 Å². The lowest BCUT2D eigenvalue weighted by Gasteiger charge is -2.07. The first-order valence-electron chi connectivity index (χ1n) is 8.70. The number of rotatable bonds is 5. The number of nitrogens with zero attached hydrogens (tertiary/aromatic N) is 1. The number of fused-ring (bicyclic) bond motifs is 1. The fraction of sp³-hybridized carbons (Fsp3) is 0.0909. The zero-order chi connectivity index (χ0) is 19.5. The van der Waals surface area contributed by atoms with Gasteiger partial charge in [-0.2, -0.15) is 0 Å². The van der Waals surface area contributed by atoms with Crippen LogP contribution >= 0.6 is 0 Å². The van der Waals surface area contributed by atoms with E-state index in [0.29, 0.717) is 17.1 Å². The summed E-state index contributed by atoms with van der Waals surface area (Å²) in [5.41, 5.74) is 3.53. The molecule has 1 heterocycles. The molecule has 1 N–H and O–H groups in total. The Kier molecular flexibility index (Phi) is 4.76. The van der Waals surface area contributed by atoms with Crippen LogP contribution in [0.4, 0.5) is 10.1 Å². The predicted octanol–water partition coefficient (Wildman–Crippen LogP) is 4.82. The van der Waals surface area contributed by atoms with Crippen molar-refractivity contribution in [1.29, 1.82) is 0 Å². The Morgan fingerprint density at radius 1 is 1.11 bits per heavy atom. The van der Waals surface area contributed by atoms with Crippen LogP contribution in [-0.2, 0) is 11.2 Å². The molecule has 0 bridgehead atoms. The molecule has 5 nitrogen and oxygen atoms in total. The largest absolute Gasteiger partial charge is 0.494 e. The summed E-state index contributed by atoms with van der Waals surface area (Å²) in [6.07, 6.45) is 0.0633. The summed E-state index contributed by atoms with van der Waals surface area (Å²) in [4.78, 5) is 16.7. The Morgan fingerprint density at radius 3 is 2.61 bits per heavy atom. The van der Waals surface area contributed by atoms with E-state index >= 15 is 0 Å². The van der Waals surface area contributed by atoms with E-state index < -0.39 is 5.82 Å². The summed E-state index contributed by atoms with van der Waals surface area (Å²) in [7, 11) is 1.40. The number of para-hydroxylation sites is 2. The highest BCUT2D eigenvalue weighted by Gasteiger charge is 2.10. The summed E-state index contributed by atoms with van der Waals surface area (Å²) in [5, 5.41) is 2.80. The van der Waals surface area contributed by atoms with Crippen LogP contribution in [0.1, 0.15) is 5.56 Å². The van der Waals surface area contributed by atoms with Gasteiger partial charge in [0.1, 0.15) is 5.52 Å². The number of carbonyl (C=O) groups is 1. The average molecular weight is 376 g/mol. The lowest BCUT2D eigenvalue weighted by Crippen LogP contribution is -2.14. The van der Waals surface area contributed by atoms with E-state index in [1.165, 1.54) is 19.2 Å². The molecule has 0 radical (unpaired) electrons. The Hall–Kier alpha value is -3.67. The molecule has 0 saturated carbocycles. The second kappa shape index (κ2) is 7.52. The quantitative estimate of drug-likeness (QED) is 0.542. The standard InChI is InChI=1S/C22H17FN2O3/c1-27-19-11-6-14(12-17(19)23)13-21(26)24-16-9-7-15(8-10-16)22-25-18-4-2-3-5-20(18)28-22/h2-12H,13H2,1H3,(H,24,26). The molecule has 0 aliphatic rings. The molecule has 1 amide bonds. The van der Waals surface area contributed by atoms with Gasteiger partial charge in [0.25, 0.3) is 0 Å². The van der Waals surface area contributed by atoms with Crippen LogP contribution in [0.3, 0.4) is 0 Å². The van der Waals surface area contributed by atoms with Crippen LogP contribution in [0.25, 0.3) is 22.6 Å². The molecule has 0 atom stereocenters. The Bertz CT molecular complexity index is 1100. The molecule has 1 aromatic heterocycles. The Labute approximate surface area is 160 Å². The maximum absolute atomic E-state index is 13.7. The number of aromatic nitrogens is 1. The molecule has 4 rings (SSSR count). The molecule has 4 aromatic rings. The van der Waals surface area contributed by atoms with Crippen molar-refractivity contribution in [1.82, 2.24) is 4.98 Å². The molecule has 0 spiro atoms. The second-order valence-electron chi connectivity index (χ2n) is 6.26. The van der Waals surface area contributed by atoms with Gasteiger partial charge in [0, 0.05) is 11.3 Å². The molecule has 0 saturated heterocycles. The molecule has 140 valence electrons. The van der Waals surface area contributed by atoms with Crippen LogP contribution in [0.5, 0.6) is 5.75 Å². The van der Waals surface area contributed by atoms with Gasteiger partial charge in [0.2, 0.25) is 11.8 Å². The molecule has 0 unspecified atom stereocenters. The minimum atomic E-state index is -0.490. The molecule has 0 fully saturated rings. The number of hydrogen-bond donors (Lipinski definition) is 1. The van der Waals surface area contributed by atoms with Crippen molar-refractivity contribution in [2.45, 2.75) is 6.42 Å². The van der Waals surface area contributed by atoms with Gasteiger partial charge < -0.3 is 14.5 Å². The van der Waals surface area contributed by atoms with Crippen molar-refractivity contribution >= 4 is 22.7 Å². The number of anilines is 1. The summed E-state index contributed by atoms with van der Waals surface area (Å²) in [6.45, 7) is 0. The number of ether oxygens (including phenoxy) is 1. The van der Waals surface area contributed by atoms with Crippen LogP contribution in [-0.4, -0.2) is 18.0 Å². The Balaban J connectivity index is 1.44. The monoisotopic (exact) mass is 376 g/mol. The minimum Gasteiger partial charge on any atom is -0.494 e. The number of amides is 1. The molecule has 0 aliphatic carbocycles. The number of halogens is 1. The van der Waals surface area contributed by atoms with Crippen LogP contribution in [0.15, 0.2) is 71.1 Å². The van der Waals surface area contributed by atoms with Crippen LogP contribution in [0, 0.1) is 5.82 Å². The highest BCUT2D eigenvalue weighted by atomic mass is 19.1. The third-order valence-corrected chi connectivity index (χ3v) is 4.29. The first kappa shape index (κ1) is 17.7. The summed E-state index contributed by atoms with van der Waals surface area (Å²) < 4.78 is 24.4. The fourth-order valence-electron chi connectivity index (χ4n) is 2.90. The van der Waals surface area contributed by atoms with Gasteiger partial charge in [-0.15, -0.1) is 0 Å². The van der Waals surface area contributed by atoms with Crippen molar-refractivity contribution < 1.29 is 18.3 Å². The number of benzene rings is 3. The SMILES string of the molecule is COc1ccc(CC(=O)Nc2ccc(-c3nc4ccccc4o3)cc2)cc1F. The fourth-order valence-corrected chi connectivity index (χ4v) is 2.90. The smallest absolute Gasteiger partial charge is 0.228 e. The number of nitrogens with one attached hydrogen (secondary N) is 1. The summed E-state index contributed by atoms with van der Waals surface area (Å²) in [6, 6.07) is 19.2. The highest BCUT2D eigenvalue weighted by Crippen LogP contribution is 2.25. The lowest BCUT2D eigenvalue weighted by atomic mass is 10.1. The first-order valence-corrected chi connectivity index (χ1v) is 8.70. The molecule has 3 aromatic carbocycles. The van der Waals surface area contributed by atoms with Gasteiger partial charge in [-0.1, -0.05) is 18.2 Å². The van der Waals surface area contributed by atoms with Crippen molar-refractivity contribution in [2.75, 3.05) is 12.4 Å². The van der Waals surface area contributed by atoms with E-state index in [2.05, 4.69) is 10.3 Å². The topological polar surface area (TPSA) is 64.4 Å². The van der Waals surface area contributed by atoms with Crippen molar-refractivity contribution in [2.24, 2.45) is 0 Å². The van der Waals surface area contributed by atoms with Gasteiger partial charge >= 0.3 is 0 Å². The third kappa shape index (κ3) is 3.71. The van der Waals surface area contributed by atoms with Crippen molar-refractivity contribution in [3.8, 4) is 17.2 Å². The number of methoxy groups -OCH3 is 1. The zero-order valence-electron chi connectivity index (χ0n) is 15.1. The Morgan fingerprint density at radius 2 is 1.89 bits per heavy atom.